The van der Waals surface area contributed by atoms with Gasteiger partial charge in [-0.1, -0.05) is 28.1 Å². The van der Waals surface area contributed by atoms with E-state index in [9.17, 15) is 0 Å². The Kier molecular flexibility index (Phi) is 5.61. The molecule has 2 aromatic carbocycles. The topological polar surface area (TPSA) is 56.5 Å². The van der Waals surface area contributed by atoms with Gasteiger partial charge in [-0.25, -0.2) is 0 Å². The van der Waals surface area contributed by atoms with Crippen LogP contribution >= 0.6 is 15.9 Å². The molecule has 0 heterocycles. The number of nitrogens with one attached hydrogen (secondary N) is 1. The molecule has 1 atom stereocenters. The molecule has 4 nitrogen and oxygen atoms in total. The van der Waals surface area contributed by atoms with Crippen molar-refractivity contribution >= 4 is 15.9 Å². The van der Waals surface area contributed by atoms with E-state index in [1.54, 1.807) is 14.2 Å². The fraction of sp³-hybridized carbons (Fsp3) is 0.250. The van der Waals surface area contributed by atoms with Gasteiger partial charge in [0.05, 0.1) is 20.3 Å². The van der Waals surface area contributed by atoms with E-state index >= 15 is 0 Å². The smallest absolute Gasteiger partial charge is 0.122 e. The second kappa shape index (κ2) is 7.45. The van der Waals surface area contributed by atoms with Crippen LogP contribution < -0.4 is 20.7 Å². The predicted molar refractivity (Wildman–Crippen MR) is 87.5 cm³/mol. The van der Waals surface area contributed by atoms with Gasteiger partial charge in [0.25, 0.3) is 0 Å². The van der Waals surface area contributed by atoms with Crippen LogP contribution in [0.4, 0.5) is 0 Å². The first-order valence-electron chi connectivity index (χ1n) is 6.59. The third-order valence-electron chi connectivity index (χ3n) is 3.31. The maximum absolute atomic E-state index is 5.73. The minimum atomic E-state index is -0.0247. The first-order valence-corrected chi connectivity index (χ1v) is 7.39. The van der Waals surface area contributed by atoms with Crippen LogP contribution in [0.5, 0.6) is 11.5 Å². The molecule has 1 unspecified atom stereocenters. The van der Waals surface area contributed by atoms with Crippen LogP contribution in [-0.4, -0.2) is 14.2 Å². The number of hydrogen-bond acceptors (Lipinski definition) is 4. The largest absolute Gasteiger partial charge is 0.497 e. The molecule has 0 spiro atoms. The summed E-state index contributed by atoms with van der Waals surface area (Å²) in [4.78, 5) is 0. The normalized spacial score (nSPS) is 12.0. The van der Waals surface area contributed by atoms with Crippen molar-refractivity contribution in [2.45, 2.75) is 12.5 Å². The summed E-state index contributed by atoms with van der Waals surface area (Å²) in [6, 6.07) is 13.9. The number of methoxy groups -OCH3 is 2. The third kappa shape index (κ3) is 4.20. The zero-order valence-corrected chi connectivity index (χ0v) is 13.7. The van der Waals surface area contributed by atoms with Crippen molar-refractivity contribution in [1.82, 2.24) is 5.43 Å². The Morgan fingerprint density at radius 3 is 2.29 bits per heavy atom. The maximum Gasteiger partial charge on any atom is 0.122 e. The molecule has 0 aliphatic heterocycles. The standard InChI is InChI=1S/C16H19BrN2O2/c1-20-14-8-12(9-15(10-14)21-2)16(19-18)7-11-4-3-5-13(17)6-11/h3-6,8-10,16,19H,7,18H2,1-2H3. The molecule has 0 aliphatic carbocycles. The average molecular weight is 351 g/mol. The van der Waals surface area contributed by atoms with Crippen LogP contribution in [0.15, 0.2) is 46.9 Å². The highest BCUT2D eigenvalue weighted by molar-refractivity contribution is 9.10. The lowest BCUT2D eigenvalue weighted by Crippen LogP contribution is -2.29. The molecule has 0 saturated heterocycles. The molecule has 0 aliphatic rings. The zero-order chi connectivity index (χ0) is 15.2. The van der Waals surface area contributed by atoms with Crippen LogP contribution in [0.2, 0.25) is 0 Å². The van der Waals surface area contributed by atoms with Gasteiger partial charge in [0.1, 0.15) is 11.5 Å². The van der Waals surface area contributed by atoms with E-state index in [0.29, 0.717) is 0 Å². The van der Waals surface area contributed by atoms with Gasteiger partial charge in [-0.15, -0.1) is 0 Å². The molecule has 0 fully saturated rings. The predicted octanol–water partition coefficient (Wildman–Crippen LogP) is 3.21. The second-order valence-corrected chi connectivity index (χ2v) is 5.61. The molecular weight excluding hydrogens is 332 g/mol. The van der Waals surface area contributed by atoms with Crippen molar-refractivity contribution in [3.8, 4) is 11.5 Å². The molecule has 0 bridgehead atoms. The molecule has 0 radical (unpaired) electrons. The van der Waals surface area contributed by atoms with E-state index < -0.39 is 0 Å². The Morgan fingerprint density at radius 2 is 1.76 bits per heavy atom. The lowest BCUT2D eigenvalue weighted by Gasteiger charge is -2.18. The van der Waals surface area contributed by atoms with Crippen molar-refractivity contribution in [3.63, 3.8) is 0 Å². The lowest BCUT2D eigenvalue weighted by atomic mass is 9.99. The van der Waals surface area contributed by atoms with Gasteiger partial charge in [0, 0.05) is 10.5 Å². The van der Waals surface area contributed by atoms with E-state index in [4.69, 9.17) is 15.3 Å². The molecule has 0 saturated carbocycles. The minimum Gasteiger partial charge on any atom is -0.497 e. The molecule has 112 valence electrons. The maximum atomic E-state index is 5.73. The second-order valence-electron chi connectivity index (χ2n) is 4.70. The molecule has 21 heavy (non-hydrogen) atoms. The van der Waals surface area contributed by atoms with Gasteiger partial charge < -0.3 is 9.47 Å². The fourth-order valence-corrected chi connectivity index (χ4v) is 2.65. The summed E-state index contributed by atoms with van der Waals surface area (Å²) in [6.45, 7) is 0. The Balaban J connectivity index is 2.28. The van der Waals surface area contributed by atoms with Gasteiger partial charge >= 0.3 is 0 Å². The van der Waals surface area contributed by atoms with Gasteiger partial charge in [0.2, 0.25) is 0 Å². The van der Waals surface area contributed by atoms with Crippen molar-refractivity contribution in [3.05, 3.63) is 58.1 Å². The van der Waals surface area contributed by atoms with Gasteiger partial charge in [-0.3, -0.25) is 11.3 Å². The summed E-state index contributed by atoms with van der Waals surface area (Å²) in [5.41, 5.74) is 5.07. The highest BCUT2D eigenvalue weighted by Crippen LogP contribution is 2.28. The van der Waals surface area contributed by atoms with Crippen molar-refractivity contribution < 1.29 is 9.47 Å². The van der Waals surface area contributed by atoms with Gasteiger partial charge in [-0.2, -0.15) is 0 Å². The van der Waals surface area contributed by atoms with Crippen LogP contribution in [0.25, 0.3) is 0 Å². The van der Waals surface area contributed by atoms with Crippen molar-refractivity contribution in [1.29, 1.82) is 0 Å². The highest BCUT2D eigenvalue weighted by Gasteiger charge is 2.13. The first-order chi connectivity index (χ1) is 10.2. The summed E-state index contributed by atoms with van der Waals surface area (Å²) < 4.78 is 11.7. The van der Waals surface area contributed by atoms with Crippen LogP contribution in [0, 0.1) is 0 Å². The lowest BCUT2D eigenvalue weighted by molar-refractivity contribution is 0.391. The van der Waals surface area contributed by atoms with E-state index in [1.165, 1.54) is 5.56 Å². The summed E-state index contributed by atoms with van der Waals surface area (Å²) >= 11 is 3.48. The molecule has 2 aromatic rings. The van der Waals surface area contributed by atoms with E-state index in [-0.39, 0.29) is 6.04 Å². The molecule has 2 rings (SSSR count). The number of nitrogens with two attached hydrogens (primary N) is 1. The summed E-state index contributed by atoms with van der Waals surface area (Å²) in [7, 11) is 3.27. The molecule has 5 heteroatoms. The Hall–Kier alpha value is -1.56. The molecular formula is C16H19BrN2O2. The summed E-state index contributed by atoms with van der Waals surface area (Å²) in [5.74, 6) is 7.23. The van der Waals surface area contributed by atoms with E-state index in [1.807, 2.05) is 30.3 Å². The average Bonchev–Trinajstić information content (AvgIpc) is 2.52. The number of rotatable bonds is 6. The molecule has 0 aromatic heterocycles. The van der Waals surface area contributed by atoms with Crippen molar-refractivity contribution in [2.75, 3.05) is 14.2 Å². The van der Waals surface area contributed by atoms with E-state index in [2.05, 4.69) is 33.5 Å². The van der Waals surface area contributed by atoms with Crippen LogP contribution in [0.1, 0.15) is 17.2 Å². The number of ether oxygens (including phenoxy) is 2. The number of hydrazine groups is 1. The number of halogens is 1. The number of hydrogen-bond donors (Lipinski definition) is 2. The van der Waals surface area contributed by atoms with Gasteiger partial charge in [0.15, 0.2) is 0 Å². The zero-order valence-electron chi connectivity index (χ0n) is 12.1. The third-order valence-corrected chi connectivity index (χ3v) is 3.80. The van der Waals surface area contributed by atoms with Crippen LogP contribution in [-0.2, 0) is 6.42 Å². The summed E-state index contributed by atoms with van der Waals surface area (Å²) in [5, 5.41) is 0. The molecule has 0 amide bonds. The van der Waals surface area contributed by atoms with E-state index in [0.717, 1.165) is 28.0 Å². The Labute approximate surface area is 133 Å². The minimum absolute atomic E-state index is 0.0247. The summed E-state index contributed by atoms with van der Waals surface area (Å²) in [6.07, 6.45) is 0.770. The first kappa shape index (κ1) is 15.8. The van der Waals surface area contributed by atoms with Crippen molar-refractivity contribution in [2.24, 2.45) is 5.84 Å². The fourth-order valence-electron chi connectivity index (χ4n) is 2.20. The monoisotopic (exact) mass is 350 g/mol. The van der Waals surface area contributed by atoms with Gasteiger partial charge in [-0.05, 0) is 41.8 Å². The SMILES string of the molecule is COc1cc(OC)cc(C(Cc2cccc(Br)c2)NN)c1. The Bertz CT molecular complexity index is 582. The Morgan fingerprint density at radius 1 is 1.10 bits per heavy atom. The quantitative estimate of drug-likeness (QED) is 0.620. The molecule has 3 N–H and O–H groups in total. The van der Waals surface area contributed by atoms with Crippen LogP contribution in [0.3, 0.4) is 0 Å². The number of benzene rings is 2. The highest BCUT2D eigenvalue weighted by atomic mass is 79.9.